The lowest BCUT2D eigenvalue weighted by Crippen LogP contribution is -2.37. The lowest BCUT2D eigenvalue weighted by atomic mass is 10.1. The number of carbonyl (C=O) groups excluding carboxylic acids is 1. The van der Waals surface area contributed by atoms with Gasteiger partial charge in [0, 0.05) is 30.1 Å². The lowest BCUT2D eigenvalue weighted by molar-refractivity contribution is 0.0941. The van der Waals surface area contributed by atoms with E-state index in [-0.39, 0.29) is 11.9 Å². The molecule has 1 aromatic heterocycles. The van der Waals surface area contributed by atoms with Crippen LogP contribution in [0.15, 0.2) is 30.3 Å². The SMILES string of the molecule is O=C(NC1CCN(C2CC2)C1)c1ccc(-c2ccc3c(c2)OCCO3)s1. The van der Waals surface area contributed by atoms with Gasteiger partial charge in [-0.15, -0.1) is 11.3 Å². The third-order valence-electron chi connectivity index (χ3n) is 5.27. The first kappa shape index (κ1) is 16.1. The summed E-state index contributed by atoms with van der Waals surface area (Å²) in [6.45, 7) is 3.28. The van der Waals surface area contributed by atoms with Gasteiger partial charge in [0.2, 0.25) is 0 Å². The van der Waals surface area contributed by atoms with Crippen molar-refractivity contribution < 1.29 is 14.3 Å². The standard InChI is InChI=1S/C20H22N2O3S/c23-20(21-14-7-8-22(12-14)15-2-3-15)19-6-5-18(26-19)13-1-4-16-17(11-13)25-10-9-24-16/h1,4-6,11,14-15H,2-3,7-10,12H2,(H,21,23). The number of benzene rings is 1. The highest BCUT2D eigenvalue weighted by Crippen LogP contribution is 2.37. The van der Waals surface area contributed by atoms with Crippen molar-refractivity contribution in [2.45, 2.75) is 31.3 Å². The van der Waals surface area contributed by atoms with E-state index in [1.165, 1.54) is 24.2 Å². The number of hydrogen-bond acceptors (Lipinski definition) is 5. The van der Waals surface area contributed by atoms with E-state index < -0.39 is 0 Å². The molecule has 2 aliphatic heterocycles. The van der Waals surface area contributed by atoms with Crippen LogP contribution in [0.25, 0.3) is 10.4 Å². The number of amides is 1. The topological polar surface area (TPSA) is 50.8 Å². The van der Waals surface area contributed by atoms with E-state index in [1.807, 2.05) is 30.3 Å². The molecule has 1 atom stereocenters. The van der Waals surface area contributed by atoms with E-state index in [2.05, 4.69) is 10.2 Å². The van der Waals surface area contributed by atoms with Gasteiger partial charge in [0.25, 0.3) is 5.91 Å². The monoisotopic (exact) mass is 370 g/mol. The van der Waals surface area contributed by atoms with Crippen LogP contribution in [0.4, 0.5) is 0 Å². The van der Waals surface area contributed by atoms with Crippen LogP contribution in [0.2, 0.25) is 0 Å². The van der Waals surface area contributed by atoms with E-state index in [1.54, 1.807) is 0 Å². The van der Waals surface area contributed by atoms with Crippen molar-refractivity contribution in [1.82, 2.24) is 10.2 Å². The summed E-state index contributed by atoms with van der Waals surface area (Å²) in [5.41, 5.74) is 1.05. The zero-order valence-electron chi connectivity index (χ0n) is 14.6. The zero-order valence-corrected chi connectivity index (χ0v) is 15.4. The van der Waals surface area contributed by atoms with Gasteiger partial charge >= 0.3 is 0 Å². The Kier molecular flexibility index (Phi) is 4.10. The van der Waals surface area contributed by atoms with Crippen molar-refractivity contribution in [2.24, 2.45) is 0 Å². The highest BCUT2D eigenvalue weighted by molar-refractivity contribution is 7.17. The molecule has 5 rings (SSSR count). The molecule has 1 saturated carbocycles. The summed E-state index contributed by atoms with van der Waals surface area (Å²) in [6.07, 6.45) is 3.71. The Morgan fingerprint density at radius 3 is 2.77 bits per heavy atom. The Morgan fingerprint density at radius 2 is 1.92 bits per heavy atom. The molecule has 0 bridgehead atoms. The van der Waals surface area contributed by atoms with Crippen molar-refractivity contribution in [2.75, 3.05) is 26.3 Å². The number of ether oxygens (including phenoxy) is 2. The number of nitrogens with zero attached hydrogens (tertiary/aromatic N) is 1. The lowest BCUT2D eigenvalue weighted by Gasteiger charge is -2.18. The van der Waals surface area contributed by atoms with Gasteiger partial charge in [-0.3, -0.25) is 9.69 Å². The third-order valence-corrected chi connectivity index (χ3v) is 6.41. The molecular weight excluding hydrogens is 348 g/mol. The minimum absolute atomic E-state index is 0.0430. The minimum Gasteiger partial charge on any atom is -0.486 e. The normalized spacial score (nSPS) is 22.4. The maximum Gasteiger partial charge on any atom is 0.261 e. The fourth-order valence-electron chi connectivity index (χ4n) is 3.74. The highest BCUT2D eigenvalue weighted by Gasteiger charge is 2.34. The Bertz CT molecular complexity index is 830. The quantitative estimate of drug-likeness (QED) is 0.898. The van der Waals surface area contributed by atoms with Crippen LogP contribution in [-0.4, -0.2) is 49.2 Å². The van der Waals surface area contributed by atoms with Gasteiger partial charge in [-0.1, -0.05) is 0 Å². The maximum absolute atomic E-state index is 12.6. The van der Waals surface area contributed by atoms with E-state index in [9.17, 15) is 4.79 Å². The highest BCUT2D eigenvalue weighted by atomic mass is 32.1. The van der Waals surface area contributed by atoms with E-state index in [0.717, 1.165) is 52.4 Å². The summed E-state index contributed by atoms with van der Waals surface area (Å²) >= 11 is 1.53. The second-order valence-electron chi connectivity index (χ2n) is 7.21. The molecule has 3 aliphatic rings. The molecule has 0 spiro atoms. The molecule has 1 unspecified atom stereocenters. The van der Waals surface area contributed by atoms with Gasteiger partial charge in [0.1, 0.15) is 13.2 Å². The predicted octanol–water partition coefficient (Wildman–Crippen LogP) is 3.15. The van der Waals surface area contributed by atoms with Crippen LogP contribution in [-0.2, 0) is 0 Å². The summed E-state index contributed by atoms with van der Waals surface area (Å²) in [5.74, 6) is 1.61. The van der Waals surface area contributed by atoms with Crippen LogP contribution in [0.5, 0.6) is 11.5 Å². The maximum atomic E-state index is 12.6. The van der Waals surface area contributed by atoms with E-state index in [4.69, 9.17) is 9.47 Å². The molecule has 1 saturated heterocycles. The molecule has 1 amide bonds. The summed E-state index contributed by atoms with van der Waals surface area (Å²) in [5, 5.41) is 3.21. The minimum atomic E-state index is 0.0430. The van der Waals surface area contributed by atoms with Crippen molar-refractivity contribution >= 4 is 17.2 Å². The summed E-state index contributed by atoms with van der Waals surface area (Å²) in [7, 11) is 0. The number of likely N-dealkylation sites (tertiary alicyclic amines) is 1. The van der Waals surface area contributed by atoms with Gasteiger partial charge in [0.15, 0.2) is 11.5 Å². The molecule has 3 heterocycles. The Labute approximate surface area is 156 Å². The Hall–Kier alpha value is -2.05. The van der Waals surface area contributed by atoms with Gasteiger partial charge in [-0.05, 0) is 55.2 Å². The first-order valence-corrected chi connectivity index (χ1v) is 10.1. The first-order valence-electron chi connectivity index (χ1n) is 9.31. The van der Waals surface area contributed by atoms with Gasteiger partial charge in [-0.2, -0.15) is 0 Å². The average molecular weight is 370 g/mol. The smallest absolute Gasteiger partial charge is 0.261 e. The van der Waals surface area contributed by atoms with Crippen molar-refractivity contribution in [1.29, 1.82) is 0 Å². The zero-order chi connectivity index (χ0) is 17.5. The van der Waals surface area contributed by atoms with Crippen LogP contribution in [0, 0.1) is 0 Å². The number of fused-ring (bicyclic) bond motifs is 1. The first-order chi connectivity index (χ1) is 12.8. The van der Waals surface area contributed by atoms with Crippen molar-refractivity contribution in [3.05, 3.63) is 35.2 Å². The molecule has 5 nitrogen and oxygen atoms in total. The van der Waals surface area contributed by atoms with Crippen LogP contribution in [0.1, 0.15) is 28.9 Å². The van der Waals surface area contributed by atoms with Gasteiger partial charge < -0.3 is 14.8 Å². The molecule has 1 N–H and O–H groups in total. The van der Waals surface area contributed by atoms with E-state index in [0.29, 0.717) is 13.2 Å². The molecule has 2 aromatic rings. The number of hydrogen-bond donors (Lipinski definition) is 1. The number of thiophene rings is 1. The number of rotatable bonds is 4. The molecule has 136 valence electrons. The largest absolute Gasteiger partial charge is 0.486 e. The number of nitrogens with one attached hydrogen (secondary N) is 1. The molecule has 1 aromatic carbocycles. The molecule has 2 fully saturated rings. The third kappa shape index (κ3) is 3.19. The van der Waals surface area contributed by atoms with Crippen LogP contribution in [0.3, 0.4) is 0 Å². The fourth-order valence-corrected chi connectivity index (χ4v) is 4.65. The average Bonchev–Trinajstić information content (AvgIpc) is 3.21. The number of carbonyl (C=O) groups is 1. The Morgan fingerprint density at radius 1 is 1.08 bits per heavy atom. The van der Waals surface area contributed by atoms with Gasteiger partial charge in [0.05, 0.1) is 4.88 Å². The van der Waals surface area contributed by atoms with Gasteiger partial charge in [-0.25, -0.2) is 0 Å². The Balaban J connectivity index is 1.26. The second-order valence-corrected chi connectivity index (χ2v) is 8.29. The fraction of sp³-hybridized carbons (Fsp3) is 0.450. The summed E-state index contributed by atoms with van der Waals surface area (Å²) in [6, 6.07) is 10.9. The molecular formula is C20H22N2O3S. The second kappa shape index (κ2) is 6.59. The van der Waals surface area contributed by atoms with E-state index >= 15 is 0 Å². The predicted molar refractivity (Wildman–Crippen MR) is 101 cm³/mol. The molecule has 26 heavy (non-hydrogen) atoms. The summed E-state index contributed by atoms with van der Waals surface area (Å²) in [4.78, 5) is 17.0. The van der Waals surface area contributed by atoms with Crippen molar-refractivity contribution in [3.8, 4) is 21.9 Å². The van der Waals surface area contributed by atoms with Crippen molar-refractivity contribution in [3.63, 3.8) is 0 Å². The molecule has 0 radical (unpaired) electrons. The van der Waals surface area contributed by atoms with Crippen LogP contribution < -0.4 is 14.8 Å². The molecule has 6 heteroatoms. The molecule has 1 aliphatic carbocycles. The van der Waals surface area contributed by atoms with Crippen LogP contribution >= 0.6 is 11.3 Å². The summed E-state index contributed by atoms with van der Waals surface area (Å²) < 4.78 is 11.2.